The van der Waals surface area contributed by atoms with Crippen LogP contribution in [-0.2, 0) is 11.2 Å². The van der Waals surface area contributed by atoms with E-state index in [1.807, 2.05) is 0 Å². The van der Waals surface area contributed by atoms with E-state index >= 15 is 0 Å². The van der Waals surface area contributed by atoms with Crippen LogP contribution in [0.15, 0.2) is 18.2 Å². The van der Waals surface area contributed by atoms with E-state index in [0.717, 1.165) is 25.2 Å². The maximum absolute atomic E-state index is 6.05. The molecule has 21 heavy (non-hydrogen) atoms. The molecule has 0 aromatic heterocycles. The summed E-state index contributed by atoms with van der Waals surface area (Å²) in [6, 6.07) is 6.87. The highest BCUT2D eigenvalue weighted by atomic mass is 16.5. The number of ether oxygens (including phenoxy) is 2. The monoisotopic (exact) mass is 289 g/mol. The zero-order valence-corrected chi connectivity index (χ0v) is 13.6. The Morgan fingerprint density at radius 3 is 2.67 bits per heavy atom. The lowest BCUT2D eigenvalue weighted by Gasteiger charge is -2.32. The molecule has 3 heteroatoms. The Bertz CT molecular complexity index is 502. The van der Waals surface area contributed by atoms with Gasteiger partial charge in [0.05, 0.1) is 18.8 Å². The van der Waals surface area contributed by atoms with Crippen molar-refractivity contribution in [1.82, 2.24) is 5.32 Å². The van der Waals surface area contributed by atoms with Crippen molar-refractivity contribution in [3.05, 3.63) is 29.3 Å². The van der Waals surface area contributed by atoms with Crippen molar-refractivity contribution in [2.75, 3.05) is 13.7 Å². The molecular weight excluding hydrogens is 262 g/mol. The third kappa shape index (κ3) is 2.58. The molecule has 1 aromatic rings. The van der Waals surface area contributed by atoms with E-state index in [9.17, 15) is 0 Å². The minimum absolute atomic E-state index is 0.270. The molecule has 1 N–H and O–H groups in total. The fraction of sp³-hybridized carbons (Fsp3) is 0.667. The summed E-state index contributed by atoms with van der Waals surface area (Å²) in [5, 5.41) is 3.53. The van der Waals surface area contributed by atoms with Crippen LogP contribution in [0.25, 0.3) is 0 Å². The van der Waals surface area contributed by atoms with Crippen LogP contribution in [0.2, 0.25) is 0 Å². The fourth-order valence-electron chi connectivity index (χ4n) is 4.08. The Balaban J connectivity index is 1.97. The first-order chi connectivity index (χ1) is 10.1. The van der Waals surface area contributed by atoms with Gasteiger partial charge in [-0.25, -0.2) is 0 Å². The number of nitrogens with one attached hydrogen (secondary N) is 1. The Kier molecular flexibility index (Phi) is 4.23. The van der Waals surface area contributed by atoms with E-state index in [1.165, 1.54) is 11.1 Å². The van der Waals surface area contributed by atoms with E-state index < -0.39 is 0 Å². The van der Waals surface area contributed by atoms with Crippen LogP contribution >= 0.6 is 0 Å². The molecule has 1 fully saturated rings. The third-order valence-corrected chi connectivity index (χ3v) is 5.31. The smallest absolute Gasteiger partial charge is 0.127 e. The minimum Gasteiger partial charge on any atom is -0.493 e. The van der Waals surface area contributed by atoms with Gasteiger partial charge in [-0.3, -0.25) is 0 Å². The van der Waals surface area contributed by atoms with Crippen molar-refractivity contribution >= 4 is 0 Å². The fourth-order valence-corrected chi connectivity index (χ4v) is 4.08. The third-order valence-electron chi connectivity index (χ3n) is 5.31. The number of para-hydroxylation sites is 1. The van der Waals surface area contributed by atoms with Gasteiger partial charge in [0.25, 0.3) is 0 Å². The number of hydrogen-bond acceptors (Lipinski definition) is 3. The van der Waals surface area contributed by atoms with Crippen LogP contribution in [0.4, 0.5) is 0 Å². The summed E-state index contributed by atoms with van der Waals surface area (Å²) in [4.78, 5) is 0. The summed E-state index contributed by atoms with van der Waals surface area (Å²) in [6.07, 6.45) is 2.84. The van der Waals surface area contributed by atoms with Crippen LogP contribution in [0.5, 0.6) is 5.75 Å². The molecule has 0 aliphatic carbocycles. The first kappa shape index (κ1) is 14.9. The summed E-state index contributed by atoms with van der Waals surface area (Å²) >= 11 is 0. The average Bonchev–Trinajstić information content (AvgIpc) is 2.75. The van der Waals surface area contributed by atoms with Crippen LogP contribution < -0.4 is 10.1 Å². The van der Waals surface area contributed by atoms with Crippen LogP contribution in [0.3, 0.4) is 0 Å². The Labute approximate surface area is 128 Å². The van der Waals surface area contributed by atoms with Gasteiger partial charge in [0.2, 0.25) is 0 Å². The molecule has 0 amide bonds. The van der Waals surface area contributed by atoms with Gasteiger partial charge >= 0.3 is 0 Å². The van der Waals surface area contributed by atoms with E-state index in [1.54, 1.807) is 0 Å². The second-order valence-electron chi connectivity index (χ2n) is 6.54. The van der Waals surface area contributed by atoms with Gasteiger partial charge in [0.1, 0.15) is 5.75 Å². The highest BCUT2D eigenvalue weighted by molar-refractivity contribution is 5.45. The molecule has 1 saturated heterocycles. The first-order valence-electron chi connectivity index (χ1n) is 8.20. The highest BCUT2D eigenvalue weighted by Gasteiger charge is 2.42. The van der Waals surface area contributed by atoms with Crippen molar-refractivity contribution in [2.24, 2.45) is 11.8 Å². The lowest BCUT2D eigenvalue weighted by molar-refractivity contribution is 0.0477. The molecule has 0 saturated carbocycles. The maximum Gasteiger partial charge on any atom is 0.127 e. The molecule has 1 aromatic carbocycles. The van der Waals surface area contributed by atoms with Gasteiger partial charge in [-0.2, -0.15) is 0 Å². The maximum atomic E-state index is 6.05. The van der Waals surface area contributed by atoms with Crippen molar-refractivity contribution < 1.29 is 9.47 Å². The number of rotatable bonds is 3. The van der Waals surface area contributed by atoms with Gasteiger partial charge in [0.15, 0.2) is 0 Å². The molecule has 0 spiro atoms. The molecule has 0 bridgehead atoms. The summed E-state index contributed by atoms with van der Waals surface area (Å²) in [6.45, 7) is 7.53. The van der Waals surface area contributed by atoms with Gasteiger partial charge in [-0.1, -0.05) is 25.1 Å². The van der Waals surface area contributed by atoms with Gasteiger partial charge in [-0.05, 0) is 45.2 Å². The largest absolute Gasteiger partial charge is 0.493 e. The highest BCUT2D eigenvalue weighted by Crippen LogP contribution is 2.44. The number of benzene rings is 1. The van der Waals surface area contributed by atoms with Crippen molar-refractivity contribution in [3.8, 4) is 5.75 Å². The lowest BCUT2D eigenvalue weighted by atomic mass is 9.79. The van der Waals surface area contributed by atoms with Gasteiger partial charge < -0.3 is 14.8 Å². The number of aryl methyl sites for hydroxylation is 1. The average molecular weight is 289 g/mol. The molecule has 5 atom stereocenters. The summed E-state index contributed by atoms with van der Waals surface area (Å²) in [5.41, 5.74) is 2.65. The zero-order chi connectivity index (χ0) is 15.0. The van der Waals surface area contributed by atoms with Crippen molar-refractivity contribution in [3.63, 3.8) is 0 Å². The van der Waals surface area contributed by atoms with Gasteiger partial charge in [-0.15, -0.1) is 0 Å². The number of fused-ring (bicyclic) bond motifs is 1. The van der Waals surface area contributed by atoms with E-state index in [2.05, 4.69) is 51.3 Å². The summed E-state index contributed by atoms with van der Waals surface area (Å²) in [7, 11) is 2.05. The number of hydrogen-bond donors (Lipinski definition) is 1. The summed E-state index contributed by atoms with van der Waals surface area (Å²) < 4.78 is 12.1. The molecule has 116 valence electrons. The second kappa shape index (κ2) is 5.98. The minimum atomic E-state index is 0.270. The first-order valence-corrected chi connectivity index (χ1v) is 8.20. The van der Waals surface area contributed by atoms with E-state index in [0.29, 0.717) is 17.9 Å². The lowest BCUT2D eigenvalue weighted by Crippen LogP contribution is -2.33. The summed E-state index contributed by atoms with van der Waals surface area (Å²) in [5.74, 6) is 2.13. The van der Waals surface area contributed by atoms with Crippen LogP contribution in [0, 0.1) is 11.8 Å². The zero-order valence-electron chi connectivity index (χ0n) is 13.6. The standard InChI is InChI=1S/C18H27NO2/c1-11-12(2)21-13(3)16(11)17(19-4)15-9-5-7-14-8-6-10-20-18(14)15/h5,7,9,11-13,16-17,19H,6,8,10H2,1-4H3. The Morgan fingerprint density at radius 2 is 2.00 bits per heavy atom. The normalized spacial score (nSPS) is 33.3. The molecule has 2 heterocycles. The predicted octanol–water partition coefficient (Wildman–Crippen LogP) is 3.33. The second-order valence-corrected chi connectivity index (χ2v) is 6.54. The molecule has 0 radical (unpaired) electrons. The Morgan fingerprint density at radius 1 is 1.19 bits per heavy atom. The Hall–Kier alpha value is -1.06. The molecule has 2 aliphatic heterocycles. The molecular formula is C18H27NO2. The SMILES string of the molecule is CNC(c1cccc2c1OCCC2)C1C(C)OC(C)C1C. The predicted molar refractivity (Wildman–Crippen MR) is 84.7 cm³/mol. The van der Waals surface area contributed by atoms with Gasteiger partial charge in [0, 0.05) is 17.5 Å². The molecule has 3 nitrogen and oxygen atoms in total. The topological polar surface area (TPSA) is 30.5 Å². The van der Waals surface area contributed by atoms with E-state index in [-0.39, 0.29) is 12.1 Å². The van der Waals surface area contributed by atoms with Crippen LogP contribution in [-0.4, -0.2) is 25.9 Å². The molecule has 3 rings (SSSR count). The quantitative estimate of drug-likeness (QED) is 0.926. The molecule has 2 aliphatic rings. The van der Waals surface area contributed by atoms with E-state index in [4.69, 9.17) is 9.47 Å². The van der Waals surface area contributed by atoms with Crippen LogP contribution in [0.1, 0.15) is 44.4 Å². The van der Waals surface area contributed by atoms with Crippen molar-refractivity contribution in [1.29, 1.82) is 0 Å². The van der Waals surface area contributed by atoms with Crippen molar-refractivity contribution in [2.45, 2.75) is 51.9 Å². The molecule has 5 unspecified atom stereocenters.